The number of carbonyl (C=O) groups is 1. The molecule has 0 aliphatic heterocycles. The van der Waals surface area contributed by atoms with E-state index >= 15 is 0 Å². The first-order valence-electron chi connectivity index (χ1n) is 7.48. The Hall–Kier alpha value is -1.89. The van der Waals surface area contributed by atoms with E-state index in [-0.39, 0.29) is 0 Å². The maximum Gasteiger partial charge on any atom is 0.150 e. The summed E-state index contributed by atoms with van der Waals surface area (Å²) in [6.45, 7) is 2.24. The van der Waals surface area contributed by atoms with Crippen LogP contribution in [-0.2, 0) is 6.42 Å². The Kier molecular flexibility index (Phi) is 5.55. The average Bonchev–Trinajstić information content (AvgIpc) is 2.52. The van der Waals surface area contributed by atoms with Crippen molar-refractivity contribution in [1.82, 2.24) is 0 Å². The molecule has 0 unspecified atom stereocenters. The van der Waals surface area contributed by atoms with E-state index in [9.17, 15) is 4.79 Å². The van der Waals surface area contributed by atoms with E-state index in [1.807, 2.05) is 24.3 Å². The first kappa shape index (κ1) is 14.5. The Morgan fingerprint density at radius 1 is 0.800 bits per heavy atom. The topological polar surface area (TPSA) is 17.1 Å². The van der Waals surface area contributed by atoms with Crippen molar-refractivity contribution in [1.29, 1.82) is 0 Å². The monoisotopic (exact) mass is 266 g/mol. The number of unbranched alkanes of at least 4 members (excludes halogenated alkanes) is 3. The lowest BCUT2D eigenvalue weighted by atomic mass is 10.0. The molecule has 1 heteroatoms. The van der Waals surface area contributed by atoms with Gasteiger partial charge >= 0.3 is 0 Å². The molecule has 0 aromatic heterocycles. The van der Waals surface area contributed by atoms with E-state index in [4.69, 9.17) is 0 Å². The molecule has 0 bridgehead atoms. The van der Waals surface area contributed by atoms with Crippen LogP contribution in [0.4, 0.5) is 0 Å². The number of carbonyl (C=O) groups excluding carboxylic acids is 1. The van der Waals surface area contributed by atoms with Crippen LogP contribution >= 0.6 is 0 Å². The normalized spacial score (nSPS) is 10.4. The van der Waals surface area contributed by atoms with Crippen molar-refractivity contribution in [3.05, 3.63) is 59.7 Å². The largest absolute Gasteiger partial charge is 0.298 e. The quantitative estimate of drug-likeness (QED) is 0.491. The van der Waals surface area contributed by atoms with Crippen molar-refractivity contribution in [2.45, 2.75) is 39.0 Å². The van der Waals surface area contributed by atoms with Crippen LogP contribution < -0.4 is 0 Å². The molecular weight excluding hydrogens is 244 g/mol. The Morgan fingerprint density at radius 3 is 1.95 bits per heavy atom. The molecule has 0 radical (unpaired) electrons. The molecule has 2 aromatic carbocycles. The lowest BCUT2D eigenvalue weighted by Gasteiger charge is -2.05. The number of aryl methyl sites for hydroxylation is 1. The molecule has 0 spiro atoms. The lowest BCUT2D eigenvalue weighted by molar-refractivity contribution is 0.112. The van der Waals surface area contributed by atoms with E-state index in [1.165, 1.54) is 43.2 Å². The molecule has 0 amide bonds. The van der Waals surface area contributed by atoms with Gasteiger partial charge < -0.3 is 0 Å². The minimum Gasteiger partial charge on any atom is -0.298 e. The van der Waals surface area contributed by atoms with Gasteiger partial charge in [-0.25, -0.2) is 0 Å². The maximum absolute atomic E-state index is 10.6. The molecular formula is C19H22O. The minimum atomic E-state index is 0.723. The third kappa shape index (κ3) is 4.06. The van der Waals surface area contributed by atoms with Gasteiger partial charge in [-0.15, -0.1) is 0 Å². The smallest absolute Gasteiger partial charge is 0.150 e. The second-order valence-electron chi connectivity index (χ2n) is 5.25. The van der Waals surface area contributed by atoms with Crippen LogP contribution in [0.15, 0.2) is 48.5 Å². The zero-order chi connectivity index (χ0) is 14.2. The summed E-state index contributed by atoms with van der Waals surface area (Å²) in [5.41, 5.74) is 4.50. The maximum atomic E-state index is 10.6. The molecule has 0 fully saturated rings. The van der Waals surface area contributed by atoms with Crippen LogP contribution in [0.2, 0.25) is 0 Å². The summed E-state index contributed by atoms with van der Waals surface area (Å²) in [6, 6.07) is 16.5. The Balaban J connectivity index is 1.98. The minimum absolute atomic E-state index is 0.723. The number of hydrogen-bond donors (Lipinski definition) is 0. The van der Waals surface area contributed by atoms with E-state index in [2.05, 4.69) is 31.2 Å². The van der Waals surface area contributed by atoms with Crippen molar-refractivity contribution < 1.29 is 4.79 Å². The van der Waals surface area contributed by atoms with Gasteiger partial charge in [0.2, 0.25) is 0 Å². The lowest BCUT2D eigenvalue weighted by Crippen LogP contribution is -1.87. The van der Waals surface area contributed by atoms with Crippen LogP contribution in [0.3, 0.4) is 0 Å². The Bertz CT molecular complexity index is 523. The van der Waals surface area contributed by atoms with Gasteiger partial charge in [0.05, 0.1) is 0 Å². The SMILES string of the molecule is CCCCCCc1ccc(-c2ccc(C=O)cc2)cc1. The van der Waals surface area contributed by atoms with E-state index < -0.39 is 0 Å². The summed E-state index contributed by atoms with van der Waals surface area (Å²) in [7, 11) is 0. The highest BCUT2D eigenvalue weighted by molar-refractivity contribution is 5.76. The average molecular weight is 266 g/mol. The van der Waals surface area contributed by atoms with E-state index in [1.54, 1.807) is 0 Å². The first-order valence-corrected chi connectivity index (χ1v) is 7.48. The van der Waals surface area contributed by atoms with Crippen LogP contribution in [0.5, 0.6) is 0 Å². The highest BCUT2D eigenvalue weighted by Crippen LogP contribution is 2.20. The number of hydrogen-bond acceptors (Lipinski definition) is 1. The second-order valence-corrected chi connectivity index (χ2v) is 5.25. The van der Waals surface area contributed by atoms with Gasteiger partial charge in [-0.2, -0.15) is 0 Å². The van der Waals surface area contributed by atoms with Crippen LogP contribution in [-0.4, -0.2) is 6.29 Å². The van der Waals surface area contributed by atoms with Gasteiger partial charge in [0.15, 0.2) is 0 Å². The highest BCUT2D eigenvalue weighted by Gasteiger charge is 1.99. The zero-order valence-corrected chi connectivity index (χ0v) is 12.1. The second kappa shape index (κ2) is 7.64. The van der Waals surface area contributed by atoms with Gasteiger partial charge in [0.25, 0.3) is 0 Å². The van der Waals surface area contributed by atoms with Gasteiger partial charge in [0, 0.05) is 5.56 Å². The third-order valence-electron chi connectivity index (χ3n) is 3.65. The summed E-state index contributed by atoms with van der Waals surface area (Å²) < 4.78 is 0. The molecule has 20 heavy (non-hydrogen) atoms. The zero-order valence-electron chi connectivity index (χ0n) is 12.1. The van der Waals surface area contributed by atoms with Crippen LogP contribution in [0, 0.1) is 0 Å². The standard InChI is InChI=1S/C19H22O/c1-2-3-4-5-6-16-7-11-18(12-8-16)19-13-9-17(15-20)10-14-19/h7-15H,2-6H2,1H3. The molecule has 104 valence electrons. The van der Waals surface area contributed by atoms with Gasteiger partial charge in [-0.1, -0.05) is 74.7 Å². The number of aldehydes is 1. The molecule has 0 aliphatic carbocycles. The van der Waals surface area contributed by atoms with Crippen molar-refractivity contribution in [3.63, 3.8) is 0 Å². The number of benzene rings is 2. The molecule has 1 nitrogen and oxygen atoms in total. The fraction of sp³-hybridized carbons (Fsp3) is 0.316. The summed E-state index contributed by atoms with van der Waals surface area (Å²) in [5.74, 6) is 0. The first-order chi connectivity index (χ1) is 9.83. The molecule has 0 saturated carbocycles. The summed E-state index contributed by atoms with van der Waals surface area (Å²) in [5, 5.41) is 0. The molecule has 0 N–H and O–H groups in total. The summed E-state index contributed by atoms with van der Waals surface area (Å²) in [4.78, 5) is 10.6. The Morgan fingerprint density at radius 2 is 1.40 bits per heavy atom. The van der Waals surface area contributed by atoms with Crippen molar-refractivity contribution in [3.8, 4) is 11.1 Å². The summed E-state index contributed by atoms with van der Waals surface area (Å²) in [6.07, 6.45) is 7.27. The molecule has 0 atom stereocenters. The number of rotatable bonds is 7. The fourth-order valence-corrected chi connectivity index (χ4v) is 2.37. The van der Waals surface area contributed by atoms with Crippen molar-refractivity contribution in [2.75, 3.05) is 0 Å². The van der Waals surface area contributed by atoms with Gasteiger partial charge in [-0.3, -0.25) is 4.79 Å². The van der Waals surface area contributed by atoms with Crippen molar-refractivity contribution >= 4 is 6.29 Å². The van der Waals surface area contributed by atoms with Gasteiger partial charge in [-0.05, 0) is 29.5 Å². The van der Waals surface area contributed by atoms with Gasteiger partial charge in [0.1, 0.15) is 6.29 Å². The Labute approximate surface area is 121 Å². The fourth-order valence-electron chi connectivity index (χ4n) is 2.37. The molecule has 0 aliphatic rings. The van der Waals surface area contributed by atoms with E-state index in [0.29, 0.717) is 0 Å². The molecule has 0 heterocycles. The van der Waals surface area contributed by atoms with Crippen LogP contribution in [0.25, 0.3) is 11.1 Å². The highest BCUT2D eigenvalue weighted by atomic mass is 16.1. The van der Waals surface area contributed by atoms with E-state index in [0.717, 1.165) is 17.4 Å². The van der Waals surface area contributed by atoms with Crippen LogP contribution in [0.1, 0.15) is 48.5 Å². The predicted octanol–water partition coefficient (Wildman–Crippen LogP) is 5.29. The molecule has 0 saturated heterocycles. The third-order valence-corrected chi connectivity index (χ3v) is 3.65. The summed E-state index contributed by atoms with van der Waals surface area (Å²) >= 11 is 0. The van der Waals surface area contributed by atoms with Crippen molar-refractivity contribution in [2.24, 2.45) is 0 Å². The molecule has 2 aromatic rings. The predicted molar refractivity (Wildman–Crippen MR) is 85.1 cm³/mol. The molecule has 2 rings (SSSR count).